The molecule has 0 saturated carbocycles. The molecule has 2 aromatic carbocycles. The van der Waals surface area contributed by atoms with Gasteiger partial charge in [0.2, 0.25) is 11.7 Å². The van der Waals surface area contributed by atoms with Crippen molar-refractivity contribution in [3.63, 3.8) is 0 Å². The van der Waals surface area contributed by atoms with E-state index in [-0.39, 0.29) is 22.9 Å². The third-order valence-electron chi connectivity index (χ3n) is 4.26. The number of anilines is 2. The Balaban J connectivity index is 2.04. The zero-order valence-electron chi connectivity index (χ0n) is 15.2. The third-order valence-corrected chi connectivity index (χ3v) is 4.26. The Bertz CT molecular complexity index is 1030. The normalized spacial score (nSPS) is 11.3. The summed E-state index contributed by atoms with van der Waals surface area (Å²) in [5.41, 5.74) is -0.194. The molecule has 0 aliphatic carbocycles. The number of hydrogen-bond donors (Lipinski definition) is 1. The molecule has 0 atom stereocenters. The van der Waals surface area contributed by atoms with Crippen molar-refractivity contribution in [3.05, 3.63) is 81.8 Å². The molecular formula is C20H18F3N3O2. The molecule has 146 valence electrons. The number of benzene rings is 2. The van der Waals surface area contributed by atoms with Crippen LogP contribution < -0.4 is 15.6 Å². The van der Waals surface area contributed by atoms with Crippen LogP contribution in [-0.2, 0) is 12.7 Å². The van der Waals surface area contributed by atoms with E-state index in [9.17, 15) is 18.0 Å². The van der Waals surface area contributed by atoms with Crippen molar-refractivity contribution in [2.75, 3.05) is 12.4 Å². The number of halogens is 3. The number of alkyl halides is 3. The summed E-state index contributed by atoms with van der Waals surface area (Å²) >= 11 is 0. The summed E-state index contributed by atoms with van der Waals surface area (Å²) in [5, 5.41) is 2.86. The Labute approximate surface area is 159 Å². The topological polar surface area (TPSA) is 56.1 Å². The van der Waals surface area contributed by atoms with Crippen molar-refractivity contribution < 1.29 is 17.9 Å². The second-order valence-corrected chi connectivity index (χ2v) is 6.15. The second-order valence-electron chi connectivity index (χ2n) is 6.15. The monoisotopic (exact) mass is 389 g/mol. The van der Waals surface area contributed by atoms with Crippen molar-refractivity contribution in [2.45, 2.75) is 19.6 Å². The lowest BCUT2D eigenvalue weighted by molar-refractivity contribution is -0.138. The summed E-state index contributed by atoms with van der Waals surface area (Å²) < 4.78 is 46.2. The summed E-state index contributed by atoms with van der Waals surface area (Å²) in [6, 6.07) is 13.2. The van der Waals surface area contributed by atoms with Gasteiger partial charge in [0, 0.05) is 5.69 Å². The molecule has 0 amide bonds. The number of rotatable bonds is 5. The highest BCUT2D eigenvalue weighted by Gasteiger charge is 2.33. The Morgan fingerprint density at radius 3 is 2.46 bits per heavy atom. The van der Waals surface area contributed by atoms with E-state index in [1.165, 1.54) is 32.4 Å². The van der Waals surface area contributed by atoms with Crippen LogP contribution in [0.2, 0.25) is 0 Å². The SMILES string of the molecule is COc1cn(Cc2ccccc2)c(Nc2cccc(C(F)(F)F)c2C)nc1=O. The van der Waals surface area contributed by atoms with Crippen molar-refractivity contribution in [1.29, 1.82) is 0 Å². The summed E-state index contributed by atoms with van der Waals surface area (Å²) in [4.78, 5) is 16.1. The average molecular weight is 389 g/mol. The largest absolute Gasteiger partial charge is 0.490 e. The first-order valence-corrected chi connectivity index (χ1v) is 8.43. The van der Waals surface area contributed by atoms with E-state index in [4.69, 9.17) is 4.74 Å². The molecule has 0 saturated heterocycles. The predicted molar refractivity (Wildman–Crippen MR) is 100 cm³/mol. The molecule has 0 spiro atoms. The van der Waals surface area contributed by atoms with Crippen LogP contribution in [-0.4, -0.2) is 16.7 Å². The summed E-state index contributed by atoms with van der Waals surface area (Å²) in [7, 11) is 1.36. The van der Waals surface area contributed by atoms with E-state index in [0.29, 0.717) is 6.54 Å². The highest BCUT2D eigenvalue weighted by molar-refractivity contribution is 5.61. The summed E-state index contributed by atoms with van der Waals surface area (Å²) in [6.45, 7) is 1.72. The van der Waals surface area contributed by atoms with Crippen molar-refractivity contribution in [3.8, 4) is 5.75 Å². The van der Waals surface area contributed by atoms with E-state index in [0.717, 1.165) is 11.6 Å². The minimum atomic E-state index is -4.47. The molecule has 3 rings (SSSR count). The highest BCUT2D eigenvalue weighted by Crippen LogP contribution is 2.35. The molecule has 28 heavy (non-hydrogen) atoms. The van der Waals surface area contributed by atoms with Crippen LogP contribution in [0.15, 0.2) is 59.5 Å². The molecule has 0 unspecified atom stereocenters. The van der Waals surface area contributed by atoms with E-state index < -0.39 is 17.3 Å². The van der Waals surface area contributed by atoms with E-state index >= 15 is 0 Å². The van der Waals surface area contributed by atoms with Crippen molar-refractivity contribution in [1.82, 2.24) is 9.55 Å². The highest BCUT2D eigenvalue weighted by atomic mass is 19.4. The predicted octanol–water partition coefficient (Wildman–Crippen LogP) is 4.37. The molecule has 0 aliphatic rings. The van der Waals surface area contributed by atoms with Crippen LogP contribution in [0.5, 0.6) is 5.75 Å². The number of aromatic nitrogens is 2. The van der Waals surface area contributed by atoms with Crippen LogP contribution >= 0.6 is 0 Å². The lowest BCUT2D eigenvalue weighted by Crippen LogP contribution is -2.19. The standard InChI is InChI=1S/C20H18F3N3O2/c1-13-15(20(21,22)23)9-6-10-16(13)24-19-25-18(27)17(28-2)12-26(19)11-14-7-4-3-5-8-14/h3-10,12H,11H2,1-2H3,(H,24,25,27). The Kier molecular flexibility index (Phi) is 5.39. The smallest absolute Gasteiger partial charge is 0.416 e. The van der Waals surface area contributed by atoms with Gasteiger partial charge in [-0.1, -0.05) is 36.4 Å². The lowest BCUT2D eigenvalue weighted by atomic mass is 10.1. The second kappa shape index (κ2) is 7.75. The Hall–Kier alpha value is -3.29. The molecule has 3 aromatic rings. The first kappa shape index (κ1) is 19.5. The minimum Gasteiger partial charge on any atom is -0.490 e. The molecule has 0 radical (unpaired) electrons. The number of nitrogens with one attached hydrogen (secondary N) is 1. The van der Waals surface area contributed by atoms with Gasteiger partial charge in [-0.2, -0.15) is 18.2 Å². The average Bonchev–Trinajstić information content (AvgIpc) is 2.65. The maximum Gasteiger partial charge on any atom is 0.416 e. The van der Waals surface area contributed by atoms with Gasteiger partial charge in [0.05, 0.1) is 25.4 Å². The maximum absolute atomic E-state index is 13.2. The quantitative estimate of drug-likeness (QED) is 0.704. The van der Waals surface area contributed by atoms with Crippen LogP contribution in [0.25, 0.3) is 0 Å². The minimum absolute atomic E-state index is 0.0197. The molecule has 1 aromatic heterocycles. The zero-order valence-corrected chi connectivity index (χ0v) is 15.2. The lowest BCUT2D eigenvalue weighted by Gasteiger charge is -2.18. The molecule has 1 heterocycles. The number of hydrogen-bond acceptors (Lipinski definition) is 4. The molecular weight excluding hydrogens is 371 g/mol. The van der Waals surface area contributed by atoms with Gasteiger partial charge in [-0.25, -0.2) is 0 Å². The van der Waals surface area contributed by atoms with E-state index in [2.05, 4.69) is 10.3 Å². The number of nitrogens with zero attached hydrogens (tertiary/aromatic N) is 2. The Morgan fingerprint density at radius 2 is 1.82 bits per heavy atom. The van der Waals surface area contributed by atoms with Gasteiger partial charge in [-0.15, -0.1) is 0 Å². The van der Waals surface area contributed by atoms with Gasteiger partial charge in [-0.3, -0.25) is 4.79 Å². The van der Waals surface area contributed by atoms with Crippen molar-refractivity contribution >= 4 is 11.6 Å². The fraction of sp³-hybridized carbons (Fsp3) is 0.200. The van der Waals surface area contributed by atoms with Gasteiger partial charge in [-0.05, 0) is 30.2 Å². The summed E-state index contributed by atoms with van der Waals surface area (Å²) in [6.07, 6.45) is -2.99. The van der Waals surface area contributed by atoms with Crippen molar-refractivity contribution in [2.24, 2.45) is 0 Å². The number of ether oxygens (including phenoxy) is 1. The first-order chi connectivity index (χ1) is 13.3. The van der Waals surface area contributed by atoms with E-state index in [1.54, 1.807) is 4.57 Å². The van der Waals surface area contributed by atoms with Gasteiger partial charge in [0.1, 0.15) is 0 Å². The molecule has 0 bridgehead atoms. The van der Waals surface area contributed by atoms with Crippen LogP contribution in [0.1, 0.15) is 16.7 Å². The first-order valence-electron chi connectivity index (χ1n) is 8.43. The zero-order chi connectivity index (χ0) is 20.3. The maximum atomic E-state index is 13.2. The van der Waals surface area contributed by atoms with E-state index in [1.807, 2.05) is 30.3 Å². The number of methoxy groups -OCH3 is 1. The van der Waals surface area contributed by atoms with Gasteiger partial charge >= 0.3 is 11.7 Å². The fourth-order valence-electron chi connectivity index (χ4n) is 2.81. The Morgan fingerprint density at radius 1 is 1.11 bits per heavy atom. The molecule has 0 aliphatic heterocycles. The van der Waals surface area contributed by atoms with Crippen LogP contribution in [0.4, 0.5) is 24.8 Å². The molecule has 0 fully saturated rings. The van der Waals surface area contributed by atoms with Gasteiger partial charge in [0.25, 0.3) is 0 Å². The summed E-state index contributed by atoms with van der Waals surface area (Å²) in [5.74, 6) is 0.166. The molecule has 1 N–H and O–H groups in total. The third kappa shape index (κ3) is 4.16. The van der Waals surface area contributed by atoms with Gasteiger partial charge in [0.15, 0.2) is 0 Å². The van der Waals surface area contributed by atoms with Crippen LogP contribution in [0, 0.1) is 6.92 Å². The van der Waals surface area contributed by atoms with Gasteiger partial charge < -0.3 is 14.6 Å². The molecule has 5 nitrogen and oxygen atoms in total. The fourth-order valence-corrected chi connectivity index (χ4v) is 2.81. The molecule has 8 heteroatoms. The van der Waals surface area contributed by atoms with Crippen LogP contribution in [0.3, 0.4) is 0 Å².